The topological polar surface area (TPSA) is 82.8 Å². The second kappa shape index (κ2) is 11.1. The molecule has 0 bridgehead atoms. The van der Waals surface area contributed by atoms with Gasteiger partial charge < -0.3 is 25.3 Å². The van der Waals surface area contributed by atoms with Crippen molar-refractivity contribution >= 4 is 29.7 Å². The molecule has 26 heavy (non-hydrogen) atoms. The Labute approximate surface area is 160 Å². The van der Waals surface area contributed by atoms with E-state index < -0.39 is 0 Å². The van der Waals surface area contributed by atoms with Gasteiger partial charge in [-0.2, -0.15) is 0 Å². The molecule has 0 aliphatic rings. The van der Waals surface area contributed by atoms with E-state index in [1.54, 1.807) is 25.3 Å². The van der Waals surface area contributed by atoms with Gasteiger partial charge in [0.1, 0.15) is 5.75 Å². The number of nitrogen functional groups attached to an aromatic ring is 1. The van der Waals surface area contributed by atoms with Gasteiger partial charge in [-0.1, -0.05) is 12.1 Å². The van der Waals surface area contributed by atoms with E-state index in [4.69, 9.17) is 19.9 Å². The van der Waals surface area contributed by atoms with Crippen molar-refractivity contribution in [2.75, 3.05) is 31.4 Å². The molecule has 6 nitrogen and oxygen atoms in total. The Balaban J connectivity index is 0.00000338. The molecule has 0 spiro atoms. The minimum absolute atomic E-state index is 0. The third kappa shape index (κ3) is 6.37. The molecule has 0 aliphatic heterocycles. The molecular formula is C19H25ClN2O4. The summed E-state index contributed by atoms with van der Waals surface area (Å²) >= 11 is 0. The molecule has 2 rings (SSSR count). The lowest BCUT2D eigenvalue weighted by Gasteiger charge is -2.11. The summed E-state index contributed by atoms with van der Waals surface area (Å²) in [5.41, 5.74) is 6.95. The summed E-state index contributed by atoms with van der Waals surface area (Å²) in [5, 5.41) is 2.81. The number of ether oxygens (including phenoxy) is 3. The van der Waals surface area contributed by atoms with E-state index >= 15 is 0 Å². The molecule has 0 radical (unpaired) electrons. The molecule has 0 aliphatic carbocycles. The fourth-order valence-corrected chi connectivity index (χ4v) is 2.29. The zero-order valence-electron chi connectivity index (χ0n) is 15.0. The van der Waals surface area contributed by atoms with Crippen molar-refractivity contribution in [3.05, 3.63) is 42.5 Å². The zero-order chi connectivity index (χ0) is 18.1. The number of amides is 1. The van der Waals surface area contributed by atoms with E-state index in [2.05, 4.69) is 5.32 Å². The van der Waals surface area contributed by atoms with Gasteiger partial charge in [0.05, 0.1) is 26.0 Å². The zero-order valence-corrected chi connectivity index (χ0v) is 15.8. The lowest BCUT2D eigenvalue weighted by Crippen LogP contribution is -2.13. The van der Waals surface area contributed by atoms with Crippen LogP contribution in [0, 0.1) is 0 Å². The van der Waals surface area contributed by atoms with E-state index in [-0.39, 0.29) is 18.3 Å². The van der Waals surface area contributed by atoms with Crippen molar-refractivity contribution in [2.24, 2.45) is 0 Å². The molecule has 0 atom stereocenters. The molecule has 7 heteroatoms. The van der Waals surface area contributed by atoms with E-state index in [0.29, 0.717) is 54.7 Å². The first-order valence-electron chi connectivity index (χ1n) is 8.22. The first-order valence-corrected chi connectivity index (χ1v) is 8.22. The number of carbonyl (C=O) groups is 1. The van der Waals surface area contributed by atoms with Crippen LogP contribution in [-0.4, -0.2) is 26.2 Å². The number of carbonyl (C=O) groups excluding carboxylic acids is 1. The van der Waals surface area contributed by atoms with Gasteiger partial charge in [-0.05, 0) is 43.7 Å². The highest BCUT2D eigenvalue weighted by Crippen LogP contribution is 2.27. The summed E-state index contributed by atoms with van der Waals surface area (Å²) < 4.78 is 16.3. The smallest absolute Gasteiger partial charge is 0.224 e. The molecule has 0 saturated carbocycles. The molecule has 2 aromatic carbocycles. The SMILES string of the molecule is CCOc1ccccc1OCCCC(=O)Nc1ccc(OC)c(N)c1.Cl. The van der Waals surface area contributed by atoms with Crippen LogP contribution in [0.25, 0.3) is 0 Å². The molecule has 0 fully saturated rings. The third-order valence-corrected chi connectivity index (χ3v) is 3.47. The van der Waals surface area contributed by atoms with Crippen molar-refractivity contribution in [1.82, 2.24) is 0 Å². The number of hydrogen-bond acceptors (Lipinski definition) is 5. The molecular weight excluding hydrogens is 356 g/mol. The molecule has 0 heterocycles. The summed E-state index contributed by atoms with van der Waals surface area (Å²) in [6.45, 7) is 2.93. The van der Waals surface area contributed by atoms with Gasteiger partial charge in [0.25, 0.3) is 0 Å². The van der Waals surface area contributed by atoms with Gasteiger partial charge in [0, 0.05) is 12.1 Å². The first kappa shape index (κ1) is 21.4. The maximum atomic E-state index is 12.0. The number of nitrogens with two attached hydrogens (primary N) is 1. The number of hydrogen-bond donors (Lipinski definition) is 2. The summed E-state index contributed by atoms with van der Waals surface area (Å²) in [5.74, 6) is 1.89. The standard InChI is InChI=1S/C19H24N2O4.ClH/c1-3-24-17-7-4-5-8-18(17)25-12-6-9-19(22)21-14-10-11-16(23-2)15(20)13-14;/h4-5,7-8,10-11,13H,3,6,9,12,20H2,1-2H3,(H,21,22);1H. The summed E-state index contributed by atoms with van der Waals surface area (Å²) in [7, 11) is 1.55. The van der Waals surface area contributed by atoms with Crippen molar-refractivity contribution in [2.45, 2.75) is 19.8 Å². The predicted molar refractivity (Wildman–Crippen MR) is 106 cm³/mol. The van der Waals surface area contributed by atoms with Gasteiger partial charge >= 0.3 is 0 Å². The number of anilines is 2. The minimum Gasteiger partial charge on any atom is -0.495 e. The summed E-state index contributed by atoms with van der Waals surface area (Å²) in [4.78, 5) is 12.0. The van der Waals surface area contributed by atoms with Gasteiger partial charge in [0.15, 0.2) is 11.5 Å². The fourth-order valence-electron chi connectivity index (χ4n) is 2.29. The van der Waals surface area contributed by atoms with Crippen LogP contribution in [0.2, 0.25) is 0 Å². The Kier molecular flexibility index (Phi) is 9.15. The van der Waals surface area contributed by atoms with Crippen LogP contribution in [0.3, 0.4) is 0 Å². The Morgan fingerprint density at radius 2 is 1.77 bits per heavy atom. The van der Waals surface area contributed by atoms with Crippen molar-refractivity contribution in [1.29, 1.82) is 0 Å². The number of rotatable bonds is 9. The fraction of sp³-hybridized carbons (Fsp3) is 0.316. The van der Waals surface area contributed by atoms with Crippen LogP contribution in [-0.2, 0) is 4.79 Å². The second-order valence-electron chi connectivity index (χ2n) is 5.34. The first-order chi connectivity index (χ1) is 12.1. The molecule has 2 aromatic rings. The third-order valence-electron chi connectivity index (χ3n) is 3.47. The van der Waals surface area contributed by atoms with Crippen molar-refractivity contribution in [3.8, 4) is 17.2 Å². The Morgan fingerprint density at radius 3 is 2.38 bits per heavy atom. The second-order valence-corrected chi connectivity index (χ2v) is 5.34. The van der Waals surface area contributed by atoms with Crippen LogP contribution in [0.4, 0.5) is 11.4 Å². The van der Waals surface area contributed by atoms with Crippen LogP contribution in [0.15, 0.2) is 42.5 Å². The normalized spacial score (nSPS) is 9.77. The summed E-state index contributed by atoms with van der Waals surface area (Å²) in [6, 6.07) is 12.6. The summed E-state index contributed by atoms with van der Waals surface area (Å²) in [6.07, 6.45) is 0.945. The number of methoxy groups -OCH3 is 1. The Bertz CT molecular complexity index is 710. The van der Waals surface area contributed by atoms with Gasteiger partial charge in [-0.25, -0.2) is 0 Å². The molecule has 0 aromatic heterocycles. The Morgan fingerprint density at radius 1 is 1.08 bits per heavy atom. The molecule has 3 N–H and O–H groups in total. The number of halogens is 1. The highest BCUT2D eigenvalue weighted by Gasteiger charge is 2.07. The quantitative estimate of drug-likeness (QED) is 0.509. The van der Waals surface area contributed by atoms with Crippen molar-refractivity contribution < 1.29 is 19.0 Å². The van der Waals surface area contributed by atoms with E-state index in [9.17, 15) is 4.79 Å². The largest absolute Gasteiger partial charge is 0.495 e. The lowest BCUT2D eigenvalue weighted by atomic mass is 10.2. The van der Waals surface area contributed by atoms with E-state index in [0.717, 1.165) is 0 Å². The van der Waals surface area contributed by atoms with E-state index in [1.165, 1.54) is 0 Å². The van der Waals surface area contributed by atoms with Crippen LogP contribution < -0.4 is 25.3 Å². The van der Waals surface area contributed by atoms with Crippen LogP contribution in [0.5, 0.6) is 17.2 Å². The number of nitrogens with one attached hydrogen (secondary N) is 1. The van der Waals surface area contributed by atoms with Gasteiger partial charge in [0.2, 0.25) is 5.91 Å². The highest BCUT2D eigenvalue weighted by atomic mass is 35.5. The number of benzene rings is 2. The van der Waals surface area contributed by atoms with Gasteiger partial charge in [-0.15, -0.1) is 12.4 Å². The predicted octanol–water partition coefficient (Wildman–Crippen LogP) is 3.90. The van der Waals surface area contributed by atoms with Crippen molar-refractivity contribution in [3.63, 3.8) is 0 Å². The monoisotopic (exact) mass is 380 g/mol. The lowest BCUT2D eigenvalue weighted by molar-refractivity contribution is -0.116. The Hall–Kier alpha value is -2.60. The average Bonchev–Trinajstić information content (AvgIpc) is 2.60. The average molecular weight is 381 g/mol. The highest BCUT2D eigenvalue weighted by molar-refractivity contribution is 5.91. The van der Waals surface area contributed by atoms with Gasteiger partial charge in [-0.3, -0.25) is 4.79 Å². The molecule has 1 amide bonds. The number of para-hydroxylation sites is 2. The molecule has 0 saturated heterocycles. The maximum absolute atomic E-state index is 12.0. The molecule has 142 valence electrons. The van der Waals surface area contributed by atoms with Crippen LogP contribution >= 0.6 is 12.4 Å². The minimum atomic E-state index is -0.0914. The van der Waals surface area contributed by atoms with Crippen LogP contribution in [0.1, 0.15) is 19.8 Å². The maximum Gasteiger partial charge on any atom is 0.224 e. The molecule has 0 unspecified atom stereocenters. The van der Waals surface area contributed by atoms with E-state index in [1.807, 2.05) is 31.2 Å².